The van der Waals surface area contributed by atoms with Crippen molar-refractivity contribution in [2.24, 2.45) is 0 Å². The first-order valence-electron chi connectivity index (χ1n) is 6.24. The van der Waals surface area contributed by atoms with Crippen molar-refractivity contribution in [2.45, 2.75) is 18.8 Å². The van der Waals surface area contributed by atoms with Gasteiger partial charge in [0.25, 0.3) is 0 Å². The lowest BCUT2D eigenvalue weighted by molar-refractivity contribution is 0.320. The topological polar surface area (TPSA) is 51.0 Å². The number of halogens is 2. The predicted octanol–water partition coefficient (Wildman–Crippen LogP) is 3.51. The van der Waals surface area contributed by atoms with E-state index in [2.05, 4.69) is 15.5 Å². The summed E-state index contributed by atoms with van der Waals surface area (Å²) in [7, 11) is 0. The second kappa shape index (κ2) is 5.49. The summed E-state index contributed by atoms with van der Waals surface area (Å²) in [6.07, 6.45) is 2.02. The van der Waals surface area contributed by atoms with E-state index in [4.69, 9.17) is 27.7 Å². The van der Waals surface area contributed by atoms with Gasteiger partial charge in [-0.25, -0.2) is 0 Å². The Hall–Kier alpha value is -1.10. The molecule has 1 saturated heterocycles. The minimum absolute atomic E-state index is 0.323. The molecule has 2 aromatic rings. The second-order valence-corrected chi connectivity index (χ2v) is 5.39. The third-order valence-corrected chi connectivity index (χ3v) is 3.95. The molecule has 0 radical (unpaired) electrons. The maximum absolute atomic E-state index is 6.14. The van der Waals surface area contributed by atoms with E-state index in [1.165, 1.54) is 0 Å². The van der Waals surface area contributed by atoms with Gasteiger partial charge in [0.1, 0.15) is 0 Å². The fourth-order valence-corrected chi connectivity index (χ4v) is 2.85. The van der Waals surface area contributed by atoms with Crippen LogP contribution in [0.15, 0.2) is 22.7 Å². The molecule has 0 unspecified atom stereocenters. The first-order valence-corrected chi connectivity index (χ1v) is 7.00. The van der Waals surface area contributed by atoms with E-state index < -0.39 is 0 Å². The molecule has 1 N–H and O–H groups in total. The van der Waals surface area contributed by atoms with Crippen molar-refractivity contribution in [1.82, 2.24) is 15.5 Å². The van der Waals surface area contributed by atoms with Gasteiger partial charge in [0, 0.05) is 5.92 Å². The molecule has 1 aliphatic rings. The molecule has 0 saturated carbocycles. The van der Waals surface area contributed by atoms with E-state index >= 15 is 0 Å². The molecule has 0 bridgehead atoms. The minimum atomic E-state index is 0.323. The molecule has 3 rings (SSSR count). The maximum atomic E-state index is 6.14. The average molecular weight is 298 g/mol. The fourth-order valence-electron chi connectivity index (χ4n) is 2.28. The molecule has 2 heterocycles. The number of benzene rings is 1. The largest absolute Gasteiger partial charge is 0.339 e. The van der Waals surface area contributed by atoms with Crippen LogP contribution in [0, 0.1) is 0 Å². The summed E-state index contributed by atoms with van der Waals surface area (Å²) in [6, 6.07) is 5.33. The number of piperidine rings is 1. The molecule has 4 nitrogen and oxygen atoms in total. The molecule has 6 heteroatoms. The first kappa shape index (κ1) is 12.9. The molecular weight excluding hydrogens is 285 g/mol. The highest BCUT2D eigenvalue weighted by atomic mass is 35.5. The Labute approximate surface area is 121 Å². The average Bonchev–Trinajstić information content (AvgIpc) is 2.89. The van der Waals surface area contributed by atoms with Crippen LogP contribution >= 0.6 is 23.2 Å². The molecule has 1 aliphatic heterocycles. The zero-order chi connectivity index (χ0) is 13.2. The van der Waals surface area contributed by atoms with Crippen molar-refractivity contribution in [3.63, 3.8) is 0 Å². The lowest BCUT2D eigenvalue weighted by Crippen LogP contribution is -2.26. The van der Waals surface area contributed by atoms with Crippen molar-refractivity contribution in [2.75, 3.05) is 13.1 Å². The Morgan fingerprint density at radius 1 is 1.16 bits per heavy atom. The third kappa shape index (κ3) is 2.61. The Bertz CT molecular complexity index is 559. The van der Waals surface area contributed by atoms with E-state index in [1.807, 2.05) is 0 Å². The van der Waals surface area contributed by atoms with Crippen molar-refractivity contribution < 1.29 is 4.52 Å². The molecule has 0 spiro atoms. The van der Waals surface area contributed by atoms with Crippen LogP contribution in [0.5, 0.6) is 0 Å². The summed E-state index contributed by atoms with van der Waals surface area (Å²) in [5.41, 5.74) is 0.634. The number of nitrogens with zero attached hydrogens (tertiary/aromatic N) is 2. The van der Waals surface area contributed by atoms with E-state index in [9.17, 15) is 0 Å². The normalized spacial score (nSPS) is 16.7. The second-order valence-electron chi connectivity index (χ2n) is 4.58. The molecule has 0 aliphatic carbocycles. The monoisotopic (exact) mass is 297 g/mol. The van der Waals surface area contributed by atoms with Gasteiger partial charge in [-0.05, 0) is 38.1 Å². The summed E-state index contributed by atoms with van der Waals surface area (Å²) >= 11 is 12.3. The Balaban J connectivity index is 1.92. The van der Waals surface area contributed by atoms with Gasteiger partial charge in [-0.1, -0.05) is 34.4 Å². The summed E-state index contributed by atoms with van der Waals surface area (Å²) < 4.78 is 5.36. The Morgan fingerprint density at radius 2 is 1.84 bits per heavy atom. The van der Waals surface area contributed by atoms with Gasteiger partial charge in [-0.3, -0.25) is 0 Å². The van der Waals surface area contributed by atoms with Crippen LogP contribution in [-0.2, 0) is 0 Å². The van der Waals surface area contributed by atoms with E-state index in [1.54, 1.807) is 18.2 Å². The van der Waals surface area contributed by atoms with Crippen LogP contribution in [0.25, 0.3) is 11.4 Å². The summed E-state index contributed by atoms with van der Waals surface area (Å²) in [6.45, 7) is 1.96. The number of nitrogens with one attached hydrogen (secondary N) is 1. The van der Waals surface area contributed by atoms with Crippen LogP contribution in [0.4, 0.5) is 0 Å². The molecule has 1 fully saturated rings. The summed E-state index contributed by atoms with van der Waals surface area (Å²) in [4.78, 5) is 4.45. The SMILES string of the molecule is Clc1cccc(Cl)c1-c1noc(C2CCNCC2)n1. The van der Waals surface area contributed by atoms with Gasteiger partial charge in [0.2, 0.25) is 11.7 Å². The molecule has 1 aromatic heterocycles. The Kier molecular flexibility index (Phi) is 3.73. The maximum Gasteiger partial charge on any atom is 0.230 e. The summed E-state index contributed by atoms with van der Waals surface area (Å²) in [5, 5.41) is 8.38. The van der Waals surface area contributed by atoms with Gasteiger partial charge in [0.15, 0.2) is 0 Å². The highest BCUT2D eigenvalue weighted by molar-refractivity contribution is 6.38. The smallest absolute Gasteiger partial charge is 0.230 e. The number of aromatic nitrogens is 2. The first-order chi connectivity index (χ1) is 9.25. The van der Waals surface area contributed by atoms with Crippen molar-refractivity contribution >= 4 is 23.2 Å². The van der Waals surface area contributed by atoms with Crippen LogP contribution in [0.1, 0.15) is 24.7 Å². The van der Waals surface area contributed by atoms with Crippen LogP contribution < -0.4 is 5.32 Å². The van der Waals surface area contributed by atoms with Crippen LogP contribution in [-0.4, -0.2) is 23.2 Å². The molecule has 100 valence electrons. The van der Waals surface area contributed by atoms with Crippen LogP contribution in [0.3, 0.4) is 0 Å². The molecular formula is C13H13Cl2N3O. The third-order valence-electron chi connectivity index (χ3n) is 3.32. The highest BCUT2D eigenvalue weighted by Gasteiger charge is 2.23. The quantitative estimate of drug-likeness (QED) is 0.921. The fraction of sp³-hybridized carbons (Fsp3) is 0.385. The van der Waals surface area contributed by atoms with Crippen molar-refractivity contribution in [1.29, 1.82) is 0 Å². The highest BCUT2D eigenvalue weighted by Crippen LogP contribution is 2.34. The number of hydrogen-bond donors (Lipinski definition) is 1. The van der Waals surface area contributed by atoms with Gasteiger partial charge in [0.05, 0.1) is 15.6 Å². The number of hydrogen-bond acceptors (Lipinski definition) is 4. The Morgan fingerprint density at radius 3 is 2.53 bits per heavy atom. The standard InChI is InChI=1S/C13H13Cl2N3O/c14-9-2-1-3-10(15)11(9)12-17-13(19-18-12)8-4-6-16-7-5-8/h1-3,8,16H,4-7H2. The van der Waals surface area contributed by atoms with Crippen LogP contribution in [0.2, 0.25) is 10.0 Å². The zero-order valence-electron chi connectivity index (χ0n) is 10.2. The molecule has 0 amide bonds. The number of rotatable bonds is 2. The van der Waals surface area contributed by atoms with E-state index in [-0.39, 0.29) is 0 Å². The lowest BCUT2D eigenvalue weighted by Gasteiger charge is -2.18. The zero-order valence-corrected chi connectivity index (χ0v) is 11.7. The predicted molar refractivity (Wildman–Crippen MR) is 74.6 cm³/mol. The van der Waals surface area contributed by atoms with Crippen molar-refractivity contribution in [3.05, 3.63) is 34.1 Å². The van der Waals surface area contributed by atoms with E-state index in [0.29, 0.717) is 33.2 Å². The molecule has 0 atom stereocenters. The van der Waals surface area contributed by atoms with Gasteiger partial charge >= 0.3 is 0 Å². The summed E-state index contributed by atoms with van der Waals surface area (Å²) in [5.74, 6) is 1.46. The molecule has 19 heavy (non-hydrogen) atoms. The minimum Gasteiger partial charge on any atom is -0.339 e. The molecule has 1 aromatic carbocycles. The van der Waals surface area contributed by atoms with Gasteiger partial charge in [-0.2, -0.15) is 4.98 Å². The lowest BCUT2D eigenvalue weighted by atomic mass is 9.98. The van der Waals surface area contributed by atoms with E-state index in [0.717, 1.165) is 25.9 Å². The van der Waals surface area contributed by atoms with Gasteiger partial charge < -0.3 is 9.84 Å². The van der Waals surface area contributed by atoms with Gasteiger partial charge in [-0.15, -0.1) is 0 Å². The van der Waals surface area contributed by atoms with Crippen molar-refractivity contribution in [3.8, 4) is 11.4 Å².